The van der Waals surface area contributed by atoms with Gasteiger partial charge in [-0.25, -0.2) is 0 Å². The summed E-state index contributed by atoms with van der Waals surface area (Å²) in [5.41, 5.74) is -2.92. The SMILES string of the molecule is CC1(C)CC[C@]2(C(=O)O)CC[C@]3(C)C(=CC[C@@H]4[C@@]5(C)CC(O)C(O)(O)C(C)(C)[C@@H]5C(O)C[C@]43C)[C@@H]2C1O. The number of fused-ring (bicyclic) bond motifs is 7. The second kappa shape index (κ2) is 7.60. The van der Waals surface area contributed by atoms with E-state index in [1.807, 2.05) is 13.8 Å². The van der Waals surface area contributed by atoms with Gasteiger partial charge >= 0.3 is 5.97 Å². The van der Waals surface area contributed by atoms with Crippen molar-refractivity contribution in [2.75, 3.05) is 0 Å². The summed E-state index contributed by atoms with van der Waals surface area (Å²) in [7, 11) is 0. The Kier molecular flexibility index (Phi) is 5.66. The molecule has 210 valence electrons. The van der Waals surface area contributed by atoms with Gasteiger partial charge in [0.15, 0.2) is 5.79 Å². The van der Waals surface area contributed by atoms with Crippen molar-refractivity contribution in [1.29, 1.82) is 0 Å². The summed E-state index contributed by atoms with van der Waals surface area (Å²) in [6, 6.07) is 0. The van der Waals surface area contributed by atoms with Crippen LogP contribution in [0.4, 0.5) is 0 Å². The minimum Gasteiger partial charge on any atom is -0.481 e. The highest BCUT2D eigenvalue weighted by Gasteiger charge is 2.74. The number of carboxylic acid groups (broad SMARTS) is 1. The quantitative estimate of drug-likeness (QED) is 0.230. The van der Waals surface area contributed by atoms with Gasteiger partial charge in [0.1, 0.15) is 6.10 Å². The molecule has 3 unspecified atom stereocenters. The van der Waals surface area contributed by atoms with E-state index >= 15 is 0 Å². The van der Waals surface area contributed by atoms with Crippen LogP contribution in [0.25, 0.3) is 0 Å². The van der Waals surface area contributed by atoms with Crippen molar-refractivity contribution in [3.63, 3.8) is 0 Å². The van der Waals surface area contributed by atoms with Crippen molar-refractivity contribution in [3.05, 3.63) is 11.6 Å². The van der Waals surface area contributed by atoms with Crippen LogP contribution < -0.4 is 0 Å². The molecular formula is C30H48O7. The van der Waals surface area contributed by atoms with E-state index in [2.05, 4.69) is 26.8 Å². The molecule has 0 aromatic heterocycles. The zero-order chi connectivity index (χ0) is 27.8. The molecule has 0 aromatic rings. The van der Waals surface area contributed by atoms with Gasteiger partial charge < -0.3 is 30.6 Å². The molecule has 0 spiro atoms. The number of carbonyl (C=O) groups is 1. The molecule has 4 fully saturated rings. The minimum absolute atomic E-state index is 0.0400. The summed E-state index contributed by atoms with van der Waals surface area (Å²) in [5.74, 6) is -4.01. The van der Waals surface area contributed by atoms with Gasteiger partial charge in [-0.2, -0.15) is 0 Å². The molecular weight excluding hydrogens is 472 g/mol. The Balaban J connectivity index is 1.67. The van der Waals surface area contributed by atoms with E-state index < -0.39 is 74.4 Å². The van der Waals surface area contributed by atoms with Crippen molar-refractivity contribution in [3.8, 4) is 0 Å². The molecule has 10 atom stereocenters. The second-order valence-corrected chi connectivity index (χ2v) is 15.5. The van der Waals surface area contributed by atoms with Crippen LogP contribution in [0.5, 0.6) is 0 Å². The molecule has 0 amide bonds. The van der Waals surface area contributed by atoms with E-state index in [4.69, 9.17) is 0 Å². The lowest BCUT2D eigenvalue weighted by molar-refractivity contribution is -0.363. The van der Waals surface area contributed by atoms with Crippen molar-refractivity contribution in [2.24, 2.45) is 50.2 Å². The fourth-order valence-corrected chi connectivity index (χ4v) is 10.9. The molecule has 0 aromatic carbocycles. The largest absolute Gasteiger partial charge is 0.481 e. The number of aliphatic hydroxyl groups excluding tert-OH is 3. The highest BCUT2D eigenvalue weighted by Crippen LogP contribution is 2.76. The van der Waals surface area contributed by atoms with E-state index in [0.29, 0.717) is 38.5 Å². The van der Waals surface area contributed by atoms with Gasteiger partial charge in [0.2, 0.25) is 0 Å². The Labute approximate surface area is 221 Å². The predicted octanol–water partition coefficient (Wildman–Crippen LogP) is 3.47. The number of hydrogen-bond acceptors (Lipinski definition) is 6. The first kappa shape index (κ1) is 27.6. The summed E-state index contributed by atoms with van der Waals surface area (Å²) < 4.78 is 0. The Bertz CT molecular complexity index is 1030. The van der Waals surface area contributed by atoms with E-state index in [-0.39, 0.29) is 12.3 Å². The first-order valence-corrected chi connectivity index (χ1v) is 14.2. The first-order valence-electron chi connectivity index (χ1n) is 14.2. The molecule has 5 aliphatic carbocycles. The normalized spacial score (nSPS) is 53.6. The Morgan fingerprint density at radius 1 is 0.892 bits per heavy atom. The molecule has 7 nitrogen and oxygen atoms in total. The third kappa shape index (κ3) is 3.04. The van der Waals surface area contributed by atoms with E-state index in [1.165, 1.54) is 0 Å². The van der Waals surface area contributed by atoms with Crippen molar-refractivity contribution < 1.29 is 35.4 Å². The van der Waals surface area contributed by atoms with E-state index in [0.717, 1.165) is 5.57 Å². The van der Waals surface area contributed by atoms with Crippen LogP contribution in [-0.2, 0) is 4.79 Å². The van der Waals surface area contributed by atoms with Gasteiger partial charge in [0.05, 0.1) is 17.6 Å². The van der Waals surface area contributed by atoms with Crippen molar-refractivity contribution in [2.45, 2.75) is 118 Å². The summed E-state index contributed by atoms with van der Waals surface area (Å²) in [6.45, 7) is 14.0. The van der Waals surface area contributed by atoms with Crippen LogP contribution >= 0.6 is 0 Å². The lowest BCUT2D eigenvalue weighted by atomic mass is 9.32. The number of hydrogen-bond donors (Lipinski definition) is 6. The maximum atomic E-state index is 12.8. The zero-order valence-corrected chi connectivity index (χ0v) is 23.6. The standard InChI is InChI=1S/C30H48O7/c1-24(2)10-12-29(23(34)35)13-11-27(6)16(20(29)22(24)33)8-9-18-26(5)15-19(32)30(36,37)25(3,4)21(26)17(31)14-28(18,27)7/h8,17-22,31-33,36-37H,9-15H2,1-7H3,(H,34,35)/t17?,18-,19?,20-,21+,22?,26-,27-,28-,29+/m1/s1. The van der Waals surface area contributed by atoms with Crippen molar-refractivity contribution >= 4 is 5.97 Å². The first-order chi connectivity index (χ1) is 16.7. The third-order valence-corrected chi connectivity index (χ3v) is 13.3. The fourth-order valence-electron chi connectivity index (χ4n) is 10.9. The lowest BCUT2D eigenvalue weighted by Gasteiger charge is -2.73. The van der Waals surface area contributed by atoms with Crippen molar-refractivity contribution in [1.82, 2.24) is 0 Å². The van der Waals surface area contributed by atoms with Gasteiger partial charge in [-0.3, -0.25) is 4.79 Å². The number of rotatable bonds is 1. The van der Waals surface area contributed by atoms with Crippen LogP contribution in [-0.4, -0.2) is 60.7 Å². The maximum absolute atomic E-state index is 12.8. The lowest BCUT2D eigenvalue weighted by Crippen LogP contribution is -2.74. The highest BCUT2D eigenvalue weighted by molar-refractivity contribution is 5.77. The molecule has 5 aliphatic rings. The summed E-state index contributed by atoms with van der Waals surface area (Å²) in [5, 5.41) is 66.8. The Hall–Kier alpha value is -0.990. The smallest absolute Gasteiger partial charge is 0.310 e. The molecule has 6 N–H and O–H groups in total. The Morgan fingerprint density at radius 2 is 1.49 bits per heavy atom. The summed E-state index contributed by atoms with van der Waals surface area (Å²) >= 11 is 0. The van der Waals surface area contributed by atoms with Gasteiger partial charge in [0, 0.05) is 17.3 Å². The minimum atomic E-state index is -2.31. The number of carboxylic acids is 1. The number of aliphatic hydroxyl groups is 5. The number of aliphatic carboxylic acids is 1. The Morgan fingerprint density at radius 3 is 2.08 bits per heavy atom. The molecule has 0 bridgehead atoms. The predicted molar refractivity (Wildman–Crippen MR) is 138 cm³/mol. The molecule has 0 saturated heterocycles. The maximum Gasteiger partial charge on any atom is 0.310 e. The van der Waals surface area contributed by atoms with E-state index in [1.54, 1.807) is 13.8 Å². The van der Waals surface area contributed by atoms with Crippen LogP contribution in [0.3, 0.4) is 0 Å². The molecule has 5 rings (SSSR count). The molecule has 0 aliphatic heterocycles. The average molecular weight is 521 g/mol. The number of allylic oxidation sites excluding steroid dienone is 1. The van der Waals surface area contributed by atoms with Gasteiger partial charge in [-0.15, -0.1) is 0 Å². The van der Waals surface area contributed by atoms with Crippen LogP contribution in [0.2, 0.25) is 0 Å². The van der Waals surface area contributed by atoms with Crippen LogP contribution in [0, 0.1) is 50.2 Å². The average Bonchev–Trinajstić information content (AvgIpc) is 2.75. The monoisotopic (exact) mass is 520 g/mol. The van der Waals surface area contributed by atoms with Crippen LogP contribution in [0.1, 0.15) is 93.4 Å². The topological polar surface area (TPSA) is 138 Å². The van der Waals surface area contributed by atoms with Gasteiger partial charge in [-0.1, -0.05) is 60.1 Å². The fraction of sp³-hybridized carbons (Fsp3) is 0.900. The second-order valence-electron chi connectivity index (χ2n) is 15.5. The van der Waals surface area contributed by atoms with Crippen LogP contribution in [0.15, 0.2) is 11.6 Å². The molecule has 0 heterocycles. The molecule has 4 saturated carbocycles. The van der Waals surface area contributed by atoms with Gasteiger partial charge in [0.25, 0.3) is 0 Å². The molecule has 0 radical (unpaired) electrons. The molecule has 37 heavy (non-hydrogen) atoms. The highest BCUT2D eigenvalue weighted by atomic mass is 16.5. The third-order valence-electron chi connectivity index (χ3n) is 13.3. The van der Waals surface area contributed by atoms with E-state index in [9.17, 15) is 35.4 Å². The summed E-state index contributed by atoms with van der Waals surface area (Å²) in [4.78, 5) is 12.8. The zero-order valence-electron chi connectivity index (χ0n) is 23.6. The molecule has 7 heteroatoms. The summed E-state index contributed by atoms with van der Waals surface area (Å²) in [6.07, 6.45) is 2.87. The van der Waals surface area contributed by atoms with Gasteiger partial charge in [-0.05, 0) is 72.5 Å².